The Hall–Kier alpha value is -3.56. The molecule has 140 valence electrons. The Morgan fingerprint density at radius 1 is 1.11 bits per heavy atom. The van der Waals surface area contributed by atoms with Gasteiger partial charge in [0.1, 0.15) is 7.11 Å². The number of hydrogen-bond donors (Lipinski definition) is 1. The maximum Gasteiger partial charge on any atom is 0.249 e. The number of oxime groups is 1. The number of carbonyl (C=O) groups excluding carboxylic acids is 1. The second-order valence-electron chi connectivity index (χ2n) is 5.44. The van der Waals surface area contributed by atoms with E-state index in [4.69, 9.17) is 19.4 Å². The number of nitrogens with two attached hydrogens (primary N) is 1. The Bertz CT molecular complexity index is 991. The fraction of sp³-hybridized carbons (Fsp3) is 0.294. The van der Waals surface area contributed by atoms with E-state index >= 15 is 0 Å². The molecular formula is C17H18N6O4. The van der Waals surface area contributed by atoms with E-state index in [0.29, 0.717) is 41.3 Å². The molecule has 2 N–H and O–H groups in total. The van der Waals surface area contributed by atoms with E-state index in [9.17, 15) is 4.79 Å². The maximum atomic E-state index is 12.0. The molecule has 0 aliphatic carbocycles. The van der Waals surface area contributed by atoms with Crippen LogP contribution in [0.4, 0.5) is 0 Å². The van der Waals surface area contributed by atoms with Crippen molar-refractivity contribution in [3.63, 3.8) is 0 Å². The highest BCUT2D eigenvalue weighted by Crippen LogP contribution is 2.33. The predicted octanol–water partition coefficient (Wildman–Crippen LogP) is 1.99. The zero-order valence-corrected chi connectivity index (χ0v) is 15.1. The highest BCUT2D eigenvalue weighted by Gasteiger charge is 2.24. The molecule has 10 nitrogen and oxygen atoms in total. The van der Waals surface area contributed by atoms with Crippen LogP contribution >= 0.6 is 0 Å². The molecule has 10 heteroatoms. The SMILES string of the molecule is CCc1nnc(-c2ccc(C(N)=O)c(-c3nnc(CC)o3)c2C=NOC)o1. The van der Waals surface area contributed by atoms with Gasteiger partial charge in [0.25, 0.3) is 0 Å². The Morgan fingerprint density at radius 3 is 2.30 bits per heavy atom. The molecule has 0 atom stereocenters. The third-order valence-electron chi connectivity index (χ3n) is 3.78. The monoisotopic (exact) mass is 370 g/mol. The minimum atomic E-state index is -0.653. The number of hydrogen-bond acceptors (Lipinski definition) is 9. The molecule has 3 aromatic rings. The molecule has 3 rings (SSSR count). The van der Waals surface area contributed by atoms with Crippen LogP contribution in [-0.4, -0.2) is 39.6 Å². The topological polar surface area (TPSA) is 143 Å². The van der Waals surface area contributed by atoms with Gasteiger partial charge in [-0.05, 0) is 12.1 Å². The van der Waals surface area contributed by atoms with Gasteiger partial charge >= 0.3 is 0 Å². The first-order valence-electron chi connectivity index (χ1n) is 8.27. The maximum absolute atomic E-state index is 12.0. The van der Waals surface area contributed by atoms with Crippen molar-refractivity contribution in [1.82, 2.24) is 20.4 Å². The van der Waals surface area contributed by atoms with E-state index in [1.807, 2.05) is 13.8 Å². The van der Waals surface area contributed by atoms with E-state index < -0.39 is 5.91 Å². The number of aromatic nitrogens is 4. The van der Waals surface area contributed by atoms with Crippen LogP contribution in [-0.2, 0) is 17.7 Å². The van der Waals surface area contributed by atoms with Crippen LogP contribution in [0.15, 0.2) is 26.1 Å². The third kappa shape index (κ3) is 3.54. The molecule has 0 bridgehead atoms. The van der Waals surface area contributed by atoms with Gasteiger partial charge in [0.15, 0.2) is 0 Å². The summed E-state index contributed by atoms with van der Waals surface area (Å²) < 4.78 is 11.3. The summed E-state index contributed by atoms with van der Waals surface area (Å²) in [5.41, 5.74) is 7.03. The highest BCUT2D eigenvalue weighted by atomic mass is 16.6. The minimum Gasteiger partial charge on any atom is -0.421 e. The predicted molar refractivity (Wildman–Crippen MR) is 94.9 cm³/mol. The van der Waals surface area contributed by atoms with Gasteiger partial charge < -0.3 is 19.4 Å². The highest BCUT2D eigenvalue weighted by molar-refractivity contribution is 6.06. The van der Waals surface area contributed by atoms with Crippen molar-refractivity contribution in [3.8, 4) is 22.9 Å². The van der Waals surface area contributed by atoms with Crippen molar-refractivity contribution < 1.29 is 18.5 Å². The summed E-state index contributed by atoms with van der Waals surface area (Å²) in [6.45, 7) is 3.78. The zero-order valence-electron chi connectivity index (χ0n) is 15.1. The first-order chi connectivity index (χ1) is 13.1. The molecule has 1 aromatic carbocycles. The quantitative estimate of drug-likeness (QED) is 0.491. The van der Waals surface area contributed by atoms with Gasteiger partial charge in [-0.25, -0.2) is 0 Å². The van der Waals surface area contributed by atoms with Gasteiger partial charge in [0, 0.05) is 24.0 Å². The average molecular weight is 370 g/mol. The number of rotatable bonds is 7. The smallest absolute Gasteiger partial charge is 0.249 e. The first kappa shape index (κ1) is 18.2. The summed E-state index contributed by atoms with van der Waals surface area (Å²) in [6, 6.07) is 3.19. The van der Waals surface area contributed by atoms with Crippen LogP contribution in [0.3, 0.4) is 0 Å². The number of amides is 1. The Labute approximate surface area is 154 Å². The van der Waals surface area contributed by atoms with Crippen LogP contribution < -0.4 is 5.73 Å². The zero-order chi connectivity index (χ0) is 19.4. The first-order valence-corrected chi connectivity index (χ1v) is 8.27. The van der Waals surface area contributed by atoms with E-state index in [1.54, 1.807) is 12.1 Å². The Kier molecular flexibility index (Phi) is 5.25. The van der Waals surface area contributed by atoms with Crippen molar-refractivity contribution in [2.24, 2.45) is 10.9 Å². The lowest BCUT2D eigenvalue weighted by Gasteiger charge is -2.10. The number of carbonyl (C=O) groups is 1. The van der Waals surface area contributed by atoms with E-state index in [2.05, 4.69) is 25.6 Å². The lowest BCUT2D eigenvalue weighted by atomic mass is 9.95. The molecule has 27 heavy (non-hydrogen) atoms. The third-order valence-corrected chi connectivity index (χ3v) is 3.78. The molecule has 2 heterocycles. The van der Waals surface area contributed by atoms with Gasteiger partial charge in [0.2, 0.25) is 29.5 Å². The number of benzene rings is 1. The Morgan fingerprint density at radius 2 is 1.74 bits per heavy atom. The lowest BCUT2D eigenvalue weighted by Crippen LogP contribution is -2.14. The molecule has 0 unspecified atom stereocenters. The molecule has 0 aliphatic rings. The lowest BCUT2D eigenvalue weighted by molar-refractivity contribution is 0.100. The fourth-order valence-corrected chi connectivity index (χ4v) is 2.48. The van der Waals surface area contributed by atoms with Crippen molar-refractivity contribution in [1.29, 1.82) is 0 Å². The molecule has 0 saturated heterocycles. The van der Waals surface area contributed by atoms with Crippen LogP contribution in [0.25, 0.3) is 22.9 Å². The number of nitrogens with zero attached hydrogens (tertiary/aromatic N) is 5. The fourth-order valence-electron chi connectivity index (χ4n) is 2.48. The largest absolute Gasteiger partial charge is 0.421 e. The molecule has 1 amide bonds. The van der Waals surface area contributed by atoms with Crippen LogP contribution in [0, 0.1) is 0 Å². The molecular weight excluding hydrogens is 352 g/mol. The second-order valence-corrected chi connectivity index (χ2v) is 5.44. The number of primary amides is 1. The van der Waals surface area contributed by atoms with Crippen molar-refractivity contribution in [3.05, 3.63) is 35.0 Å². The molecule has 0 spiro atoms. The van der Waals surface area contributed by atoms with Crippen molar-refractivity contribution in [2.75, 3.05) is 7.11 Å². The van der Waals surface area contributed by atoms with Gasteiger partial charge in [-0.1, -0.05) is 19.0 Å². The second kappa shape index (κ2) is 7.77. The molecule has 2 aromatic heterocycles. The molecule has 0 saturated carbocycles. The van der Waals surface area contributed by atoms with Gasteiger partial charge in [0.05, 0.1) is 17.3 Å². The minimum absolute atomic E-state index is 0.135. The normalized spacial score (nSPS) is 11.2. The summed E-state index contributed by atoms with van der Waals surface area (Å²) in [7, 11) is 1.40. The number of aryl methyl sites for hydroxylation is 2. The molecule has 0 radical (unpaired) electrons. The Balaban J connectivity index is 2.30. The summed E-state index contributed by atoms with van der Waals surface area (Å²) in [5.74, 6) is 0.643. The van der Waals surface area contributed by atoms with E-state index in [-0.39, 0.29) is 17.3 Å². The van der Waals surface area contributed by atoms with Crippen molar-refractivity contribution in [2.45, 2.75) is 26.7 Å². The summed E-state index contributed by atoms with van der Waals surface area (Å²) in [6.07, 6.45) is 2.54. The van der Waals surface area contributed by atoms with Crippen molar-refractivity contribution >= 4 is 12.1 Å². The van der Waals surface area contributed by atoms with Gasteiger partial charge in [-0.3, -0.25) is 4.79 Å². The van der Waals surface area contributed by atoms with Gasteiger partial charge in [-0.2, -0.15) is 0 Å². The van der Waals surface area contributed by atoms with E-state index in [1.165, 1.54) is 13.3 Å². The summed E-state index contributed by atoms with van der Waals surface area (Å²) in [4.78, 5) is 16.8. The summed E-state index contributed by atoms with van der Waals surface area (Å²) in [5, 5.41) is 19.8. The van der Waals surface area contributed by atoms with Crippen LogP contribution in [0.2, 0.25) is 0 Å². The summed E-state index contributed by atoms with van der Waals surface area (Å²) >= 11 is 0. The van der Waals surface area contributed by atoms with E-state index in [0.717, 1.165) is 0 Å². The molecule has 0 aliphatic heterocycles. The van der Waals surface area contributed by atoms with Gasteiger partial charge in [-0.15, -0.1) is 20.4 Å². The standard InChI is InChI=1S/C17H18N6O4/c1-4-12-20-22-16(26-12)9-6-7-10(15(18)24)14(11(9)8-19-25-3)17-23-21-13(5-2)27-17/h6-8H,4-5H2,1-3H3,(H2,18,24). The van der Waals surface area contributed by atoms with Crippen LogP contribution in [0.5, 0.6) is 0 Å². The average Bonchev–Trinajstić information content (AvgIpc) is 3.34. The molecule has 0 fully saturated rings. The van der Waals surface area contributed by atoms with Crippen LogP contribution in [0.1, 0.15) is 41.6 Å².